The molecule has 1 amide bonds. The summed E-state index contributed by atoms with van der Waals surface area (Å²) in [5, 5.41) is 14.6. The molecule has 124 valence electrons. The minimum Gasteiger partial charge on any atom is -0.354 e. The third-order valence-corrected chi connectivity index (χ3v) is 6.22. The lowest BCUT2D eigenvalue weighted by Crippen LogP contribution is -2.41. The van der Waals surface area contributed by atoms with Crippen molar-refractivity contribution in [2.75, 3.05) is 37.4 Å². The maximum absolute atomic E-state index is 11.8. The molecule has 1 aromatic heterocycles. The number of tetrazole rings is 1. The number of nitrogens with one attached hydrogen (secondary N) is 1. The molecule has 1 aliphatic heterocycles. The van der Waals surface area contributed by atoms with E-state index in [2.05, 4.69) is 20.8 Å². The first-order chi connectivity index (χ1) is 10.4. The average molecular weight is 348 g/mol. The normalized spacial score (nSPS) is 20.4. The summed E-state index contributed by atoms with van der Waals surface area (Å²) in [5.41, 5.74) is 0. The zero-order valence-corrected chi connectivity index (χ0v) is 14.2. The first-order valence-corrected chi connectivity index (χ1v) is 9.70. The van der Waals surface area contributed by atoms with Gasteiger partial charge in [0.1, 0.15) is 0 Å². The number of sulfone groups is 1. The highest BCUT2D eigenvalue weighted by Crippen LogP contribution is 2.16. The molecule has 22 heavy (non-hydrogen) atoms. The Kier molecular flexibility index (Phi) is 5.75. The highest BCUT2D eigenvalue weighted by Gasteiger charge is 2.31. The summed E-state index contributed by atoms with van der Waals surface area (Å²) in [6.07, 6.45) is 0.598. The minimum absolute atomic E-state index is 0.0603. The molecule has 1 N–H and O–H groups in total. The Labute approximate surface area is 133 Å². The van der Waals surface area contributed by atoms with Gasteiger partial charge in [-0.1, -0.05) is 11.8 Å². The van der Waals surface area contributed by atoms with Crippen molar-refractivity contribution in [2.24, 2.45) is 7.05 Å². The molecule has 9 nitrogen and oxygen atoms in total. The second-order valence-corrected chi connectivity index (χ2v) is 8.55. The maximum atomic E-state index is 11.8. The van der Waals surface area contributed by atoms with E-state index in [1.54, 1.807) is 23.7 Å². The van der Waals surface area contributed by atoms with E-state index in [1.807, 2.05) is 0 Å². The van der Waals surface area contributed by atoms with Gasteiger partial charge in [-0.3, -0.25) is 9.69 Å². The van der Waals surface area contributed by atoms with Crippen LogP contribution in [0.1, 0.15) is 6.42 Å². The van der Waals surface area contributed by atoms with Gasteiger partial charge in [-0.2, -0.15) is 0 Å². The Hall–Kier alpha value is -1.20. The summed E-state index contributed by atoms with van der Waals surface area (Å²) < 4.78 is 24.4. The first-order valence-electron chi connectivity index (χ1n) is 6.90. The number of likely N-dealkylation sites (N-methyl/N-ethyl adjacent to an activating group) is 1. The molecule has 11 heteroatoms. The molecule has 1 saturated heterocycles. The van der Waals surface area contributed by atoms with Gasteiger partial charge in [0.2, 0.25) is 11.1 Å². The Balaban J connectivity index is 1.64. The van der Waals surface area contributed by atoms with Crippen molar-refractivity contribution in [1.82, 2.24) is 30.4 Å². The van der Waals surface area contributed by atoms with Crippen molar-refractivity contribution in [1.29, 1.82) is 0 Å². The number of thioether (sulfide) groups is 1. The zero-order chi connectivity index (χ0) is 16.2. The number of nitrogens with zero attached hydrogens (tertiary/aromatic N) is 5. The van der Waals surface area contributed by atoms with Crippen molar-refractivity contribution >= 4 is 27.5 Å². The van der Waals surface area contributed by atoms with E-state index >= 15 is 0 Å². The van der Waals surface area contributed by atoms with Crippen LogP contribution in [0.25, 0.3) is 0 Å². The van der Waals surface area contributed by atoms with Crippen LogP contribution in [0.5, 0.6) is 0 Å². The molecule has 1 aliphatic rings. The highest BCUT2D eigenvalue weighted by atomic mass is 32.2. The van der Waals surface area contributed by atoms with Gasteiger partial charge in [-0.15, -0.1) is 5.10 Å². The third kappa shape index (κ3) is 4.92. The molecule has 2 heterocycles. The monoisotopic (exact) mass is 348 g/mol. The van der Waals surface area contributed by atoms with E-state index in [0.29, 0.717) is 23.9 Å². The van der Waals surface area contributed by atoms with Crippen molar-refractivity contribution < 1.29 is 13.2 Å². The Morgan fingerprint density at radius 1 is 1.55 bits per heavy atom. The number of hydrogen-bond acceptors (Lipinski definition) is 8. The molecule has 0 bridgehead atoms. The lowest BCUT2D eigenvalue weighted by molar-refractivity contribution is -0.122. The van der Waals surface area contributed by atoms with Crippen LogP contribution < -0.4 is 5.32 Å². The fraction of sp³-hybridized carbons (Fsp3) is 0.818. The van der Waals surface area contributed by atoms with Crippen LogP contribution >= 0.6 is 11.8 Å². The number of hydrogen-bond donors (Lipinski definition) is 1. The minimum atomic E-state index is -2.92. The lowest BCUT2D eigenvalue weighted by Gasteiger charge is -2.22. The molecule has 1 atom stereocenters. The van der Waals surface area contributed by atoms with Gasteiger partial charge in [0.15, 0.2) is 9.84 Å². The number of rotatable bonds is 7. The summed E-state index contributed by atoms with van der Waals surface area (Å²) in [6.45, 7) is 0.712. The van der Waals surface area contributed by atoms with Crippen molar-refractivity contribution in [2.45, 2.75) is 17.6 Å². The zero-order valence-electron chi connectivity index (χ0n) is 12.6. The third-order valence-electron chi connectivity index (χ3n) is 3.46. The van der Waals surface area contributed by atoms with E-state index in [4.69, 9.17) is 0 Å². The molecule has 1 aromatic rings. The van der Waals surface area contributed by atoms with E-state index in [0.717, 1.165) is 0 Å². The van der Waals surface area contributed by atoms with E-state index in [1.165, 1.54) is 11.8 Å². The van der Waals surface area contributed by atoms with Gasteiger partial charge in [0.25, 0.3) is 0 Å². The summed E-state index contributed by atoms with van der Waals surface area (Å²) >= 11 is 1.46. The highest BCUT2D eigenvalue weighted by molar-refractivity contribution is 7.99. The van der Waals surface area contributed by atoms with Gasteiger partial charge < -0.3 is 5.32 Å². The summed E-state index contributed by atoms with van der Waals surface area (Å²) in [7, 11) is 0.614. The summed E-state index contributed by atoms with van der Waals surface area (Å²) in [6, 6.07) is -0.0603. The Morgan fingerprint density at radius 2 is 2.32 bits per heavy atom. The predicted molar refractivity (Wildman–Crippen MR) is 82.2 cm³/mol. The van der Waals surface area contributed by atoms with Crippen LogP contribution in [0.15, 0.2) is 5.16 Å². The predicted octanol–water partition coefficient (Wildman–Crippen LogP) is -1.46. The molecule has 0 aromatic carbocycles. The molecule has 0 unspecified atom stereocenters. The van der Waals surface area contributed by atoms with Gasteiger partial charge in [-0.05, 0) is 23.9 Å². The molecule has 0 saturated carbocycles. The molecule has 0 aliphatic carbocycles. The van der Waals surface area contributed by atoms with Crippen LogP contribution in [-0.4, -0.2) is 82.9 Å². The molecule has 0 spiro atoms. The van der Waals surface area contributed by atoms with Crippen molar-refractivity contribution in [3.8, 4) is 0 Å². The molecular weight excluding hydrogens is 328 g/mol. The Morgan fingerprint density at radius 3 is 2.91 bits per heavy atom. The fourth-order valence-corrected chi connectivity index (χ4v) is 4.72. The first kappa shape index (κ1) is 17.2. The average Bonchev–Trinajstić information content (AvgIpc) is 3.00. The van der Waals surface area contributed by atoms with Crippen molar-refractivity contribution in [3.63, 3.8) is 0 Å². The summed E-state index contributed by atoms with van der Waals surface area (Å²) in [4.78, 5) is 13.6. The van der Waals surface area contributed by atoms with E-state index in [-0.39, 0.29) is 30.0 Å². The molecule has 2 rings (SSSR count). The largest absolute Gasteiger partial charge is 0.354 e. The van der Waals surface area contributed by atoms with Gasteiger partial charge in [-0.25, -0.2) is 13.1 Å². The van der Waals surface area contributed by atoms with E-state index < -0.39 is 9.84 Å². The van der Waals surface area contributed by atoms with Gasteiger partial charge in [0, 0.05) is 25.4 Å². The van der Waals surface area contributed by atoms with Crippen LogP contribution in [0, 0.1) is 0 Å². The number of aromatic nitrogens is 4. The smallest absolute Gasteiger partial charge is 0.234 e. The van der Waals surface area contributed by atoms with Crippen LogP contribution in [0.2, 0.25) is 0 Å². The second-order valence-electron chi connectivity index (χ2n) is 5.26. The number of carbonyl (C=O) groups is 1. The van der Waals surface area contributed by atoms with Crippen molar-refractivity contribution in [3.05, 3.63) is 0 Å². The lowest BCUT2D eigenvalue weighted by atomic mass is 10.2. The van der Waals surface area contributed by atoms with Crippen LogP contribution in [0.3, 0.4) is 0 Å². The van der Waals surface area contributed by atoms with Gasteiger partial charge in [0.05, 0.1) is 18.1 Å². The standard InChI is InChI=1S/C11H20N6O3S2/c1-16(9-3-6-22(19,20)8-9)7-10(18)12-4-5-21-11-13-14-15-17(11)2/h9H,3-8H2,1-2H3,(H,12,18)/t9-/m1/s1. The molecule has 1 fully saturated rings. The topological polar surface area (TPSA) is 110 Å². The SMILES string of the molecule is CN(CC(=O)NCCSc1nnnn1C)[C@@H]1CCS(=O)(=O)C1. The maximum Gasteiger partial charge on any atom is 0.234 e. The number of aryl methyl sites for hydroxylation is 1. The number of amides is 1. The quantitative estimate of drug-likeness (QED) is 0.470. The second kappa shape index (κ2) is 7.38. The Bertz CT molecular complexity index is 617. The van der Waals surface area contributed by atoms with E-state index in [9.17, 15) is 13.2 Å². The molecule has 0 radical (unpaired) electrons. The van der Waals surface area contributed by atoms with Crippen LogP contribution in [0.4, 0.5) is 0 Å². The fourth-order valence-electron chi connectivity index (χ4n) is 2.21. The molecular formula is C11H20N6O3S2. The summed E-state index contributed by atoms with van der Waals surface area (Å²) in [5.74, 6) is 0.919. The number of carbonyl (C=O) groups excluding carboxylic acids is 1. The van der Waals surface area contributed by atoms with Gasteiger partial charge >= 0.3 is 0 Å². The van der Waals surface area contributed by atoms with Crippen LogP contribution in [-0.2, 0) is 21.7 Å².